The van der Waals surface area contributed by atoms with Crippen LogP contribution in [0.4, 0.5) is 45.5 Å². The molecule has 4 aromatic carbocycles. The van der Waals surface area contributed by atoms with Crippen molar-refractivity contribution < 1.29 is 0 Å². The summed E-state index contributed by atoms with van der Waals surface area (Å²) in [5.74, 6) is 0. The van der Waals surface area contributed by atoms with Crippen LogP contribution in [0.5, 0.6) is 0 Å². The molecule has 0 aromatic heterocycles. The Bertz CT molecular complexity index is 1400. The molecule has 0 fully saturated rings. The number of benzene rings is 4. The summed E-state index contributed by atoms with van der Waals surface area (Å²) in [6, 6.07) is 29.0. The van der Waals surface area contributed by atoms with Gasteiger partial charge in [0.2, 0.25) is 0 Å². The first kappa shape index (κ1) is 25.4. The van der Waals surface area contributed by atoms with Crippen LogP contribution in [0, 0.1) is 6.92 Å². The van der Waals surface area contributed by atoms with Crippen LogP contribution in [0.15, 0.2) is 122 Å². The highest BCUT2D eigenvalue weighted by atomic mass is 15.1. The van der Waals surface area contributed by atoms with Gasteiger partial charge >= 0.3 is 0 Å². The molecule has 4 rings (SSSR count). The highest BCUT2D eigenvalue weighted by molar-refractivity contribution is 5.56. The normalized spacial score (nSPS) is 11.6. The summed E-state index contributed by atoms with van der Waals surface area (Å²) in [6.45, 7) is 1.98. The Morgan fingerprint density at radius 3 is 1.11 bits per heavy atom. The fourth-order valence-electron chi connectivity index (χ4n) is 3.38. The van der Waals surface area contributed by atoms with Crippen molar-refractivity contribution in [2.45, 2.75) is 6.92 Å². The minimum Gasteiger partial charge on any atom is -0.378 e. The molecular formula is C29H30N8. The SMILES string of the molecule is Cc1cc(/N=N/c2ccc(N(C)C)cc2)ccc1/N=N/c1ccc(/N=N/c2ccc(N(C)C)cc2)cc1. The van der Waals surface area contributed by atoms with Crippen LogP contribution in [0.25, 0.3) is 0 Å². The number of nitrogens with zero attached hydrogens (tertiary/aromatic N) is 8. The fourth-order valence-corrected chi connectivity index (χ4v) is 3.38. The van der Waals surface area contributed by atoms with Crippen molar-refractivity contribution in [3.8, 4) is 0 Å². The lowest BCUT2D eigenvalue weighted by Crippen LogP contribution is -2.07. The van der Waals surface area contributed by atoms with Crippen molar-refractivity contribution in [1.82, 2.24) is 0 Å². The summed E-state index contributed by atoms with van der Waals surface area (Å²) in [4.78, 5) is 4.09. The van der Waals surface area contributed by atoms with Gasteiger partial charge in [0.25, 0.3) is 0 Å². The van der Waals surface area contributed by atoms with E-state index >= 15 is 0 Å². The predicted octanol–water partition coefficient (Wildman–Crippen LogP) is 9.37. The van der Waals surface area contributed by atoms with Crippen LogP contribution in [-0.4, -0.2) is 28.2 Å². The minimum absolute atomic E-state index is 0.735. The van der Waals surface area contributed by atoms with E-state index in [1.165, 1.54) is 0 Å². The van der Waals surface area contributed by atoms with E-state index in [9.17, 15) is 0 Å². The van der Waals surface area contributed by atoms with E-state index in [0.29, 0.717) is 0 Å². The molecule has 0 radical (unpaired) electrons. The van der Waals surface area contributed by atoms with Gasteiger partial charge in [-0.3, -0.25) is 0 Å². The predicted molar refractivity (Wildman–Crippen MR) is 152 cm³/mol. The Hall–Kier alpha value is -4.72. The molecular weight excluding hydrogens is 460 g/mol. The minimum atomic E-state index is 0.735. The second kappa shape index (κ2) is 11.8. The van der Waals surface area contributed by atoms with E-state index in [-0.39, 0.29) is 0 Å². The van der Waals surface area contributed by atoms with Gasteiger partial charge in [-0.1, -0.05) is 0 Å². The van der Waals surface area contributed by atoms with E-state index in [2.05, 4.69) is 30.7 Å². The number of hydrogen-bond donors (Lipinski definition) is 0. The number of anilines is 2. The summed E-state index contributed by atoms with van der Waals surface area (Å²) in [7, 11) is 8.03. The molecule has 8 heteroatoms. The van der Waals surface area contributed by atoms with Crippen LogP contribution in [0.2, 0.25) is 0 Å². The van der Waals surface area contributed by atoms with E-state index in [1.54, 1.807) is 0 Å². The molecule has 0 saturated heterocycles. The lowest BCUT2D eigenvalue weighted by Gasteiger charge is -2.11. The number of azo groups is 3. The van der Waals surface area contributed by atoms with E-state index < -0.39 is 0 Å². The van der Waals surface area contributed by atoms with Gasteiger partial charge in [0.15, 0.2) is 0 Å². The summed E-state index contributed by atoms with van der Waals surface area (Å²) in [6.07, 6.45) is 0. The van der Waals surface area contributed by atoms with Gasteiger partial charge in [-0.05, 0) is 103 Å². The average Bonchev–Trinajstić information content (AvgIpc) is 2.91. The Labute approximate surface area is 217 Å². The lowest BCUT2D eigenvalue weighted by atomic mass is 10.2. The summed E-state index contributed by atoms with van der Waals surface area (Å²) < 4.78 is 0. The van der Waals surface area contributed by atoms with Crippen molar-refractivity contribution >= 4 is 45.5 Å². The highest BCUT2D eigenvalue weighted by Gasteiger charge is 2.01. The van der Waals surface area contributed by atoms with Gasteiger partial charge in [-0.25, -0.2) is 0 Å². The van der Waals surface area contributed by atoms with Crippen molar-refractivity contribution in [2.75, 3.05) is 38.0 Å². The zero-order valence-electron chi connectivity index (χ0n) is 21.7. The molecule has 0 aliphatic rings. The second-order valence-corrected chi connectivity index (χ2v) is 8.91. The van der Waals surface area contributed by atoms with Crippen molar-refractivity contribution in [3.63, 3.8) is 0 Å². The Kier molecular flexibility index (Phi) is 8.10. The Morgan fingerprint density at radius 2 is 0.730 bits per heavy atom. The largest absolute Gasteiger partial charge is 0.378 e. The summed E-state index contributed by atoms with van der Waals surface area (Å²) in [5, 5.41) is 26.0. The second-order valence-electron chi connectivity index (χ2n) is 8.91. The third kappa shape index (κ3) is 7.14. The molecule has 0 saturated carbocycles. The van der Waals surface area contributed by atoms with Crippen molar-refractivity contribution in [2.24, 2.45) is 30.7 Å². The van der Waals surface area contributed by atoms with Crippen molar-refractivity contribution in [3.05, 3.63) is 96.6 Å². The molecule has 0 atom stereocenters. The lowest BCUT2D eigenvalue weighted by molar-refractivity contribution is 1.13. The molecule has 4 aromatic rings. The third-order valence-electron chi connectivity index (χ3n) is 5.60. The molecule has 0 aliphatic heterocycles. The molecule has 37 heavy (non-hydrogen) atoms. The molecule has 0 spiro atoms. The van der Waals surface area contributed by atoms with Gasteiger partial charge in [-0.2, -0.15) is 30.7 Å². The maximum atomic E-state index is 4.40. The maximum absolute atomic E-state index is 4.40. The quantitative estimate of drug-likeness (QED) is 0.231. The topological polar surface area (TPSA) is 80.6 Å². The number of aryl methyl sites for hydroxylation is 1. The molecule has 0 aliphatic carbocycles. The van der Waals surface area contributed by atoms with E-state index in [0.717, 1.165) is 51.1 Å². The zero-order valence-corrected chi connectivity index (χ0v) is 21.7. The first-order chi connectivity index (χ1) is 17.9. The van der Waals surface area contributed by atoms with E-state index in [1.807, 2.05) is 136 Å². The standard InChI is InChI=1S/C29H30N8/c1-21-20-26(34-32-25-12-17-28(18-13-25)37(4)5)14-19-29(21)35-33-23-8-6-22(7-9-23)30-31-24-10-15-27(16-11-24)36(2)3/h6-20H,1-5H3/b31-30+,34-32+,35-33+. The first-order valence-electron chi connectivity index (χ1n) is 11.9. The third-order valence-corrected chi connectivity index (χ3v) is 5.60. The molecule has 0 N–H and O–H groups in total. The first-order valence-corrected chi connectivity index (χ1v) is 11.9. The van der Waals surface area contributed by atoms with Gasteiger partial charge in [0.05, 0.1) is 34.1 Å². The van der Waals surface area contributed by atoms with Crippen LogP contribution in [0.1, 0.15) is 5.56 Å². The summed E-state index contributed by atoms with van der Waals surface area (Å²) >= 11 is 0. The van der Waals surface area contributed by atoms with Crippen LogP contribution < -0.4 is 9.80 Å². The number of rotatable bonds is 8. The van der Waals surface area contributed by atoms with Crippen molar-refractivity contribution in [1.29, 1.82) is 0 Å². The molecule has 8 nitrogen and oxygen atoms in total. The molecule has 0 amide bonds. The molecule has 186 valence electrons. The number of hydrogen-bond acceptors (Lipinski definition) is 8. The smallest absolute Gasteiger partial charge is 0.0887 e. The fraction of sp³-hybridized carbons (Fsp3) is 0.172. The Morgan fingerprint density at radius 1 is 0.405 bits per heavy atom. The molecule has 0 heterocycles. The van der Waals surface area contributed by atoms with Gasteiger partial charge in [0.1, 0.15) is 0 Å². The highest BCUT2D eigenvalue weighted by Crippen LogP contribution is 2.29. The average molecular weight is 491 g/mol. The Balaban J connectivity index is 1.37. The maximum Gasteiger partial charge on any atom is 0.0887 e. The van der Waals surface area contributed by atoms with Crippen LogP contribution in [0.3, 0.4) is 0 Å². The molecule has 0 bridgehead atoms. The monoisotopic (exact) mass is 490 g/mol. The van der Waals surface area contributed by atoms with Gasteiger partial charge in [0, 0.05) is 39.6 Å². The summed E-state index contributed by atoms with van der Waals surface area (Å²) in [5.41, 5.74) is 7.83. The van der Waals surface area contributed by atoms with Gasteiger partial charge in [-0.15, -0.1) is 0 Å². The molecule has 0 unspecified atom stereocenters. The van der Waals surface area contributed by atoms with Crippen LogP contribution >= 0.6 is 0 Å². The zero-order chi connectivity index (χ0) is 26.2. The van der Waals surface area contributed by atoms with Gasteiger partial charge < -0.3 is 9.80 Å². The van der Waals surface area contributed by atoms with Crippen LogP contribution in [-0.2, 0) is 0 Å². The van der Waals surface area contributed by atoms with E-state index in [4.69, 9.17) is 0 Å².